The molecule has 0 saturated heterocycles. The number of phenolic OH excluding ortho intramolecular Hbond substituents is 1. The number of rotatable bonds is 3. The summed E-state index contributed by atoms with van der Waals surface area (Å²) in [7, 11) is 0. The van der Waals surface area contributed by atoms with Crippen LogP contribution in [0.2, 0.25) is 0 Å². The average molecular weight is 199 g/mol. The SMILES string of the molecule is CCC(O)C(N)c1cccc(F)c1O. The largest absolute Gasteiger partial charge is 0.505 e. The molecule has 0 radical (unpaired) electrons. The highest BCUT2D eigenvalue weighted by molar-refractivity contribution is 5.36. The number of hydrogen-bond donors (Lipinski definition) is 3. The van der Waals surface area contributed by atoms with Gasteiger partial charge in [0.25, 0.3) is 0 Å². The Morgan fingerprint density at radius 2 is 2.14 bits per heavy atom. The standard InChI is InChI=1S/C10H14FNO2/c1-2-8(13)9(12)6-4-3-5-7(11)10(6)14/h3-5,8-9,13-14H,2,12H2,1H3. The van der Waals surface area contributed by atoms with Crippen LogP contribution in [-0.2, 0) is 0 Å². The summed E-state index contributed by atoms with van der Waals surface area (Å²) in [6, 6.07) is 3.34. The summed E-state index contributed by atoms with van der Waals surface area (Å²) in [5, 5.41) is 18.8. The molecule has 0 fully saturated rings. The molecule has 4 heteroatoms. The smallest absolute Gasteiger partial charge is 0.165 e. The molecule has 0 heterocycles. The van der Waals surface area contributed by atoms with E-state index in [1.54, 1.807) is 6.92 Å². The van der Waals surface area contributed by atoms with E-state index in [0.717, 1.165) is 6.07 Å². The van der Waals surface area contributed by atoms with Crippen molar-refractivity contribution in [3.8, 4) is 5.75 Å². The maximum absolute atomic E-state index is 12.9. The van der Waals surface area contributed by atoms with Crippen LogP contribution in [0.25, 0.3) is 0 Å². The number of nitrogens with two attached hydrogens (primary N) is 1. The van der Waals surface area contributed by atoms with Gasteiger partial charge in [-0.15, -0.1) is 0 Å². The molecular formula is C10H14FNO2. The van der Waals surface area contributed by atoms with Crippen LogP contribution in [0, 0.1) is 5.82 Å². The van der Waals surface area contributed by atoms with Gasteiger partial charge in [0.1, 0.15) is 0 Å². The van der Waals surface area contributed by atoms with Crippen LogP contribution in [0.5, 0.6) is 5.75 Å². The Balaban J connectivity index is 3.01. The van der Waals surface area contributed by atoms with E-state index in [9.17, 15) is 14.6 Å². The van der Waals surface area contributed by atoms with Crippen LogP contribution in [0.15, 0.2) is 18.2 Å². The van der Waals surface area contributed by atoms with Gasteiger partial charge in [0.15, 0.2) is 11.6 Å². The van der Waals surface area contributed by atoms with Crippen molar-refractivity contribution in [3.63, 3.8) is 0 Å². The molecule has 1 aromatic rings. The molecule has 3 nitrogen and oxygen atoms in total. The molecule has 78 valence electrons. The minimum Gasteiger partial charge on any atom is -0.505 e. The Bertz CT molecular complexity index is 317. The first-order chi connectivity index (χ1) is 6.57. The Labute approximate surface area is 82.0 Å². The topological polar surface area (TPSA) is 66.5 Å². The lowest BCUT2D eigenvalue weighted by Gasteiger charge is -2.18. The van der Waals surface area contributed by atoms with E-state index in [0.29, 0.717) is 6.42 Å². The molecule has 0 aliphatic carbocycles. The summed E-state index contributed by atoms with van der Waals surface area (Å²) in [5.74, 6) is -1.20. The molecule has 0 amide bonds. The number of hydrogen-bond acceptors (Lipinski definition) is 3. The van der Waals surface area contributed by atoms with E-state index in [-0.39, 0.29) is 5.56 Å². The van der Waals surface area contributed by atoms with E-state index < -0.39 is 23.7 Å². The summed E-state index contributed by atoms with van der Waals surface area (Å²) in [6.45, 7) is 1.76. The van der Waals surface area contributed by atoms with Crippen LogP contribution in [-0.4, -0.2) is 16.3 Å². The highest BCUT2D eigenvalue weighted by atomic mass is 19.1. The lowest BCUT2D eigenvalue weighted by Crippen LogP contribution is -2.25. The Kier molecular flexibility index (Phi) is 3.43. The zero-order valence-corrected chi connectivity index (χ0v) is 7.94. The fraction of sp³-hybridized carbons (Fsp3) is 0.400. The number of halogens is 1. The maximum Gasteiger partial charge on any atom is 0.165 e. The average Bonchev–Trinajstić information content (AvgIpc) is 2.20. The molecule has 4 N–H and O–H groups in total. The first kappa shape index (κ1) is 10.9. The zero-order valence-electron chi connectivity index (χ0n) is 7.94. The number of para-hydroxylation sites is 1. The first-order valence-corrected chi connectivity index (χ1v) is 4.49. The first-order valence-electron chi connectivity index (χ1n) is 4.49. The van der Waals surface area contributed by atoms with Crippen molar-refractivity contribution in [1.29, 1.82) is 0 Å². The van der Waals surface area contributed by atoms with Gasteiger partial charge in [-0.2, -0.15) is 0 Å². The van der Waals surface area contributed by atoms with Crippen molar-refractivity contribution in [2.75, 3.05) is 0 Å². The van der Waals surface area contributed by atoms with Crippen molar-refractivity contribution in [2.24, 2.45) is 5.73 Å². The van der Waals surface area contributed by atoms with Gasteiger partial charge in [0.2, 0.25) is 0 Å². The van der Waals surface area contributed by atoms with E-state index in [4.69, 9.17) is 5.73 Å². The Morgan fingerprint density at radius 3 is 2.71 bits per heavy atom. The lowest BCUT2D eigenvalue weighted by atomic mass is 9.99. The van der Waals surface area contributed by atoms with Crippen LogP contribution in [0.1, 0.15) is 24.9 Å². The summed E-state index contributed by atoms with van der Waals surface area (Å²) in [5.41, 5.74) is 5.88. The quantitative estimate of drug-likeness (QED) is 0.687. The molecule has 0 aromatic heterocycles. The summed E-state index contributed by atoms with van der Waals surface area (Å²) >= 11 is 0. The summed E-state index contributed by atoms with van der Waals surface area (Å²) in [4.78, 5) is 0. The molecule has 14 heavy (non-hydrogen) atoms. The van der Waals surface area contributed by atoms with Gasteiger partial charge < -0.3 is 15.9 Å². The lowest BCUT2D eigenvalue weighted by molar-refractivity contribution is 0.139. The van der Waals surface area contributed by atoms with Crippen molar-refractivity contribution in [1.82, 2.24) is 0 Å². The second kappa shape index (κ2) is 4.39. The van der Waals surface area contributed by atoms with Gasteiger partial charge in [-0.05, 0) is 12.5 Å². The third-order valence-electron chi connectivity index (χ3n) is 2.21. The minimum absolute atomic E-state index is 0.236. The maximum atomic E-state index is 12.9. The van der Waals surface area contributed by atoms with Gasteiger partial charge in [-0.25, -0.2) is 4.39 Å². The Morgan fingerprint density at radius 1 is 1.50 bits per heavy atom. The molecule has 1 rings (SSSR count). The highest BCUT2D eigenvalue weighted by Crippen LogP contribution is 2.27. The number of benzene rings is 1. The molecule has 0 aliphatic rings. The van der Waals surface area contributed by atoms with E-state index in [1.807, 2.05) is 0 Å². The number of aliphatic hydroxyl groups is 1. The van der Waals surface area contributed by atoms with E-state index >= 15 is 0 Å². The molecule has 0 spiro atoms. The van der Waals surface area contributed by atoms with Crippen LogP contribution < -0.4 is 5.73 Å². The van der Waals surface area contributed by atoms with Crippen LogP contribution in [0.4, 0.5) is 4.39 Å². The van der Waals surface area contributed by atoms with E-state index in [1.165, 1.54) is 12.1 Å². The normalized spacial score (nSPS) is 15.1. The number of aliphatic hydroxyl groups excluding tert-OH is 1. The number of phenols is 1. The van der Waals surface area contributed by atoms with E-state index in [2.05, 4.69) is 0 Å². The second-order valence-electron chi connectivity index (χ2n) is 3.18. The number of aromatic hydroxyl groups is 1. The van der Waals surface area contributed by atoms with Crippen molar-refractivity contribution in [3.05, 3.63) is 29.6 Å². The predicted octanol–water partition coefficient (Wildman–Crippen LogP) is 1.30. The third kappa shape index (κ3) is 2.02. The van der Waals surface area contributed by atoms with Gasteiger partial charge in [-0.3, -0.25) is 0 Å². The van der Waals surface area contributed by atoms with Crippen LogP contribution in [0.3, 0.4) is 0 Å². The van der Waals surface area contributed by atoms with Crippen molar-refractivity contribution >= 4 is 0 Å². The van der Waals surface area contributed by atoms with Gasteiger partial charge in [0, 0.05) is 5.56 Å². The van der Waals surface area contributed by atoms with Gasteiger partial charge >= 0.3 is 0 Å². The molecule has 2 atom stereocenters. The minimum atomic E-state index is -0.775. The molecular weight excluding hydrogens is 185 g/mol. The van der Waals surface area contributed by atoms with Gasteiger partial charge in [0.05, 0.1) is 12.1 Å². The molecule has 0 aliphatic heterocycles. The zero-order chi connectivity index (χ0) is 10.7. The molecule has 0 saturated carbocycles. The Hall–Kier alpha value is -1.13. The third-order valence-corrected chi connectivity index (χ3v) is 2.21. The second-order valence-corrected chi connectivity index (χ2v) is 3.18. The van der Waals surface area contributed by atoms with Gasteiger partial charge in [-0.1, -0.05) is 19.1 Å². The predicted molar refractivity (Wildman–Crippen MR) is 51.3 cm³/mol. The molecule has 1 aromatic carbocycles. The van der Waals surface area contributed by atoms with Crippen molar-refractivity contribution < 1.29 is 14.6 Å². The fourth-order valence-electron chi connectivity index (χ4n) is 1.26. The monoisotopic (exact) mass is 199 g/mol. The van der Waals surface area contributed by atoms with Crippen molar-refractivity contribution in [2.45, 2.75) is 25.5 Å². The highest BCUT2D eigenvalue weighted by Gasteiger charge is 2.19. The summed E-state index contributed by atoms with van der Waals surface area (Å²) in [6.07, 6.45) is -0.320. The molecule has 2 unspecified atom stereocenters. The molecule has 0 bridgehead atoms. The summed E-state index contributed by atoms with van der Waals surface area (Å²) < 4.78 is 12.9. The fourth-order valence-corrected chi connectivity index (χ4v) is 1.26. The van der Waals surface area contributed by atoms with Crippen LogP contribution >= 0.6 is 0 Å².